The number of nitrogens with two attached hydrogens (primary N) is 1. The summed E-state index contributed by atoms with van der Waals surface area (Å²) in [7, 11) is 0. The summed E-state index contributed by atoms with van der Waals surface area (Å²) in [5.41, 5.74) is 2.93. The molecule has 0 aliphatic carbocycles. The fourth-order valence-electron chi connectivity index (χ4n) is 3.46. The molecule has 1 amide bonds. The minimum Gasteiger partial charge on any atom is -0.485 e. The summed E-state index contributed by atoms with van der Waals surface area (Å²) in [5, 5.41) is 11.6. The fraction of sp³-hybridized carbons (Fsp3) is 0.125. The maximum atomic E-state index is 12.4. The maximum Gasteiger partial charge on any atom is 0.234 e. The molecule has 0 unspecified atom stereocenters. The number of aromatic nitrogens is 3. The Hall–Kier alpha value is -3.98. The summed E-state index contributed by atoms with van der Waals surface area (Å²) >= 11 is 1.20. The molecular weight excluding hydrogens is 438 g/mol. The molecule has 1 aliphatic heterocycles. The van der Waals surface area contributed by atoms with Crippen LogP contribution in [0.3, 0.4) is 0 Å². The number of nitrogens with one attached hydrogen (secondary N) is 1. The van der Waals surface area contributed by atoms with E-state index < -0.39 is 6.10 Å². The van der Waals surface area contributed by atoms with Crippen LogP contribution in [0, 0.1) is 0 Å². The largest absolute Gasteiger partial charge is 0.485 e. The van der Waals surface area contributed by atoms with Gasteiger partial charge in [-0.15, -0.1) is 10.2 Å². The highest BCUT2D eigenvalue weighted by molar-refractivity contribution is 7.99. The van der Waals surface area contributed by atoms with Crippen LogP contribution in [0.5, 0.6) is 11.5 Å². The van der Waals surface area contributed by atoms with Crippen molar-refractivity contribution >= 4 is 23.4 Å². The van der Waals surface area contributed by atoms with Crippen molar-refractivity contribution in [2.45, 2.75) is 11.3 Å². The molecule has 0 bridgehead atoms. The summed E-state index contributed by atoms with van der Waals surface area (Å²) in [6.45, 7) is 0.274. The number of rotatable bonds is 6. The van der Waals surface area contributed by atoms with E-state index in [-0.39, 0.29) is 18.3 Å². The number of benzene rings is 3. The molecule has 0 saturated carbocycles. The second kappa shape index (κ2) is 9.25. The van der Waals surface area contributed by atoms with Gasteiger partial charge in [0.25, 0.3) is 0 Å². The van der Waals surface area contributed by atoms with E-state index >= 15 is 0 Å². The summed E-state index contributed by atoms with van der Waals surface area (Å²) in [4.78, 5) is 12.4. The van der Waals surface area contributed by atoms with Crippen molar-refractivity contribution < 1.29 is 14.3 Å². The van der Waals surface area contributed by atoms with Crippen molar-refractivity contribution in [3.05, 3.63) is 84.7 Å². The number of amides is 1. The third-order valence-corrected chi connectivity index (χ3v) is 6.04. The number of hydrogen-bond acceptors (Lipinski definition) is 7. The van der Waals surface area contributed by atoms with Crippen LogP contribution in [0.25, 0.3) is 11.1 Å². The Morgan fingerprint density at radius 3 is 2.45 bits per heavy atom. The van der Waals surface area contributed by atoms with Gasteiger partial charge >= 0.3 is 0 Å². The van der Waals surface area contributed by atoms with Gasteiger partial charge in [0, 0.05) is 5.69 Å². The fourth-order valence-corrected chi connectivity index (χ4v) is 4.12. The molecular formula is C24H21N5O3S. The Balaban J connectivity index is 1.17. The van der Waals surface area contributed by atoms with Crippen LogP contribution >= 0.6 is 11.8 Å². The number of carbonyl (C=O) groups is 1. The highest BCUT2D eigenvalue weighted by Crippen LogP contribution is 2.35. The summed E-state index contributed by atoms with van der Waals surface area (Å²) in [6.07, 6.45) is -0.483. The third-order valence-electron chi connectivity index (χ3n) is 5.10. The molecule has 2 heterocycles. The van der Waals surface area contributed by atoms with Crippen molar-refractivity contribution in [2.75, 3.05) is 23.5 Å². The lowest BCUT2D eigenvalue weighted by Crippen LogP contribution is -2.27. The first-order chi connectivity index (χ1) is 16.2. The molecule has 1 aromatic heterocycles. The first kappa shape index (κ1) is 20.9. The van der Waals surface area contributed by atoms with Gasteiger partial charge in [0.15, 0.2) is 23.4 Å². The van der Waals surface area contributed by atoms with E-state index in [9.17, 15) is 4.79 Å². The number of nitrogens with zero attached hydrogens (tertiary/aromatic N) is 3. The van der Waals surface area contributed by atoms with Gasteiger partial charge < -0.3 is 20.6 Å². The maximum absolute atomic E-state index is 12.4. The van der Waals surface area contributed by atoms with Gasteiger partial charge in [-0.3, -0.25) is 4.79 Å². The van der Waals surface area contributed by atoms with Gasteiger partial charge in [0.1, 0.15) is 6.61 Å². The van der Waals surface area contributed by atoms with Crippen LogP contribution in [0.1, 0.15) is 11.9 Å². The molecule has 0 spiro atoms. The van der Waals surface area contributed by atoms with E-state index in [0.717, 1.165) is 16.8 Å². The number of carbonyl (C=O) groups excluding carboxylic acids is 1. The molecule has 0 fully saturated rings. The Bertz CT molecular complexity index is 1260. The molecule has 166 valence electrons. The average Bonchev–Trinajstić information content (AvgIpc) is 3.23. The van der Waals surface area contributed by atoms with E-state index in [0.29, 0.717) is 22.5 Å². The molecule has 8 nitrogen and oxygen atoms in total. The van der Waals surface area contributed by atoms with Gasteiger partial charge in [0.05, 0.1) is 5.75 Å². The van der Waals surface area contributed by atoms with Crippen LogP contribution in [0.15, 0.2) is 84.0 Å². The Morgan fingerprint density at radius 2 is 1.67 bits per heavy atom. The normalized spacial score (nSPS) is 14.6. The number of nitrogen functional groups attached to an aromatic ring is 1. The Morgan fingerprint density at radius 1 is 0.970 bits per heavy atom. The topological polar surface area (TPSA) is 104 Å². The molecule has 1 atom stereocenters. The number of hydrogen-bond donors (Lipinski definition) is 2. The number of para-hydroxylation sites is 2. The quantitative estimate of drug-likeness (QED) is 0.333. The van der Waals surface area contributed by atoms with E-state index in [1.807, 2.05) is 78.9 Å². The van der Waals surface area contributed by atoms with Gasteiger partial charge in [-0.2, -0.15) is 0 Å². The van der Waals surface area contributed by atoms with Crippen molar-refractivity contribution in [1.29, 1.82) is 0 Å². The molecule has 9 heteroatoms. The van der Waals surface area contributed by atoms with Crippen molar-refractivity contribution in [3.8, 4) is 22.6 Å². The van der Waals surface area contributed by atoms with E-state index in [1.165, 1.54) is 16.4 Å². The van der Waals surface area contributed by atoms with E-state index in [1.54, 1.807) is 0 Å². The lowest BCUT2D eigenvalue weighted by atomic mass is 10.1. The summed E-state index contributed by atoms with van der Waals surface area (Å²) < 4.78 is 13.0. The summed E-state index contributed by atoms with van der Waals surface area (Å²) in [6, 6.07) is 25.2. The minimum absolute atomic E-state index is 0.140. The van der Waals surface area contributed by atoms with Crippen LogP contribution in [-0.2, 0) is 4.79 Å². The zero-order valence-electron chi connectivity index (χ0n) is 17.5. The van der Waals surface area contributed by atoms with Gasteiger partial charge in [-0.05, 0) is 35.4 Å². The van der Waals surface area contributed by atoms with Crippen LogP contribution < -0.4 is 20.6 Å². The molecule has 5 rings (SSSR count). The highest BCUT2D eigenvalue weighted by Gasteiger charge is 2.28. The van der Waals surface area contributed by atoms with Crippen LogP contribution in [-0.4, -0.2) is 33.1 Å². The number of fused-ring (bicyclic) bond motifs is 1. The zero-order valence-corrected chi connectivity index (χ0v) is 18.4. The lowest BCUT2D eigenvalue weighted by molar-refractivity contribution is -0.113. The standard InChI is InChI=1S/C24H21N5O3S/c25-29-23(21-14-31-19-8-4-5-9-20(19)32-21)27-28-24(29)33-15-22(30)26-18-12-10-17(11-13-18)16-6-2-1-3-7-16/h1-13,21H,14-15,25H2,(H,26,30)/t21-/m0/s1. The number of ether oxygens (including phenoxy) is 2. The van der Waals surface area contributed by atoms with E-state index in [2.05, 4.69) is 15.5 Å². The van der Waals surface area contributed by atoms with Crippen molar-refractivity contribution in [1.82, 2.24) is 14.9 Å². The molecule has 33 heavy (non-hydrogen) atoms. The summed E-state index contributed by atoms with van der Waals surface area (Å²) in [5.74, 6) is 7.89. The third kappa shape index (κ3) is 4.63. The predicted molar refractivity (Wildman–Crippen MR) is 127 cm³/mol. The Kier molecular flexibility index (Phi) is 5.86. The smallest absolute Gasteiger partial charge is 0.234 e. The molecule has 3 N–H and O–H groups in total. The Labute approximate surface area is 194 Å². The lowest BCUT2D eigenvalue weighted by Gasteiger charge is -2.25. The van der Waals surface area contributed by atoms with Crippen molar-refractivity contribution in [2.24, 2.45) is 0 Å². The number of thioether (sulfide) groups is 1. The van der Waals surface area contributed by atoms with Crippen LogP contribution in [0.4, 0.5) is 5.69 Å². The molecule has 0 radical (unpaired) electrons. The van der Waals surface area contributed by atoms with Gasteiger partial charge in [0.2, 0.25) is 11.1 Å². The molecule has 4 aromatic rings. The van der Waals surface area contributed by atoms with E-state index in [4.69, 9.17) is 15.3 Å². The minimum atomic E-state index is -0.483. The number of anilines is 1. The molecule has 0 saturated heterocycles. The molecule has 3 aromatic carbocycles. The van der Waals surface area contributed by atoms with Crippen molar-refractivity contribution in [3.63, 3.8) is 0 Å². The average molecular weight is 460 g/mol. The second-order valence-electron chi connectivity index (χ2n) is 7.36. The highest BCUT2D eigenvalue weighted by atomic mass is 32.2. The SMILES string of the molecule is Nn1c(SCC(=O)Nc2ccc(-c3ccccc3)cc2)nnc1[C@@H]1COc2ccccc2O1. The first-order valence-electron chi connectivity index (χ1n) is 10.3. The second-order valence-corrected chi connectivity index (χ2v) is 8.30. The monoisotopic (exact) mass is 459 g/mol. The van der Waals surface area contributed by atoms with Gasteiger partial charge in [-0.25, -0.2) is 4.68 Å². The first-order valence-corrected chi connectivity index (χ1v) is 11.3. The molecule has 1 aliphatic rings. The zero-order chi connectivity index (χ0) is 22.6. The van der Waals surface area contributed by atoms with Crippen LogP contribution in [0.2, 0.25) is 0 Å². The van der Waals surface area contributed by atoms with Gasteiger partial charge in [-0.1, -0.05) is 66.4 Å². The predicted octanol–water partition coefficient (Wildman–Crippen LogP) is 3.90.